The lowest BCUT2D eigenvalue weighted by Gasteiger charge is -2.16. The summed E-state index contributed by atoms with van der Waals surface area (Å²) in [6.07, 6.45) is 0.556. The Balaban J connectivity index is 2.95. The molecule has 2 nitrogen and oxygen atoms in total. The number of benzene rings is 1. The van der Waals surface area contributed by atoms with E-state index in [0.29, 0.717) is 23.1 Å². The van der Waals surface area contributed by atoms with Crippen LogP contribution in [0.15, 0.2) is 22.7 Å². The van der Waals surface area contributed by atoms with Crippen molar-refractivity contribution < 1.29 is 13.9 Å². The van der Waals surface area contributed by atoms with E-state index in [1.807, 2.05) is 6.92 Å². The fourth-order valence-corrected chi connectivity index (χ4v) is 1.72. The number of carbonyl (C=O) groups is 1. The average molecular weight is 303 g/mol. The lowest BCUT2D eigenvalue weighted by atomic mass is 10.0. The first-order valence-electron chi connectivity index (χ1n) is 5.69. The van der Waals surface area contributed by atoms with Crippen LogP contribution in [-0.2, 0) is 9.53 Å². The summed E-state index contributed by atoms with van der Waals surface area (Å²) in [6.45, 7) is 4.24. The molecule has 0 aliphatic carbocycles. The average Bonchev–Trinajstić information content (AvgIpc) is 2.33. The van der Waals surface area contributed by atoms with Gasteiger partial charge in [-0.2, -0.15) is 0 Å². The molecule has 0 radical (unpaired) electrons. The highest BCUT2D eigenvalue weighted by atomic mass is 79.9. The van der Waals surface area contributed by atoms with Gasteiger partial charge in [0.05, 0.1) is 4.47 Å². The number of ketones is 1. The number of carbonyl (C=O) groups excluding carboxylic acids is 1. The molecular weight excluding hydrogens is 287 g/mol. The second kappa shape index (κ2) is 6.87. The Kier molecular flexibility index (Phi) is 5.78. The Labute approximate surface area is 109 Å². The third-order valence-corrected chi connectivity index (χ3v) is 3.02. The molecule has 17 heavy (non-hydrogen) atoms. The molecule has 1 rings (SSSR count). The molecule has 0 heterocycles. The minimum absolute atomic E-state index is 0.0276. The largest absolute Gasteiger partial charge is 0.366 e. The molecule has 0 fully saturated rings. The molecule has 1 aromatic rings. The molecule has 0 saturated carbocycles. The molecule has 1 unspecified atom stereocenters. The van der Waals surface area contributed by atoms with Gasteiger partial charge in [-0.25, -0.2) is 4.39 Å². The summed E-state index contributed by atoms with van der Waals surface area (Å²) in [7, 11) is 0. The van der Waals surface area contributed by atoms with Gasteiger partial charge in [-0.3, -0.25) is 4.79 Å². The van der Waals surface area contributed by atoms with E-state index >= 15 is 0 Å². The maximum atomic E-state index is 13.4. The Hall–Kier alpha value is -0.740. The van der Waals surface area contributed by atoms with Crippen LogP contribution < -0.4 is 0 Å². The van der Waals surface area contributed by atoms with E-state index in [1.165, 1.54) is 6.07 Å². The van der Waals surface area contributed by atoms with Gasteiger partial charge in [-0.05, 0) is 40.0 Å². The summed E-state index contributed by atoms with van der Waals surface area (Å²) >= 11 is 3.08. The molecule has 0 bridgehead atoms. The van der Waals surface area contributed by atoms with Crippen molar-refractivity contribution in [3.8, 4) is 0 Å². The van der Waals surface area contributed by atoms with Crippen LogP contribution in [0.5, 0.6) is 0 Å². The molecule has 1 aromatic carbocycles. The topological polar surface area (TPSA) is 26.3 Å². The van der Waals surface area contributed by atoms with Gasteiger partial charge in [0.2, 0.25) is 0 Å². The third-order valence-electron chi connectivity index (χ3n) is 2.38. The highest BCUT2D eigenvalue weighted by Gasteiger charge is 2.20. The predicted molar refractivity (Wildman–Crippen MR) is 68.4 cm³/mol. The van der Waals surface area contributed by atoms with Crippen molar-refractivity contribution >= 4 is 21.7 Å². The summed E-state index contributed by atoms with van der Waals surface area (Å²) in [5, 5.41) is 0. The highest BCUT2D eigenvalue weighted by Crippen LogP contribution is 2.24. The smallest absolute Gasteiger partial charge is 0.165 e. The number of hydrogen-bond donors (Lipinski definition) is 0. The zero-order valence-corrected chi connectivity index (χ0v) is 11.6. The van der Waals surface area contributed by atoms with Crippen molar-refractivity contribution in [2.45, 2.75) is 32.8 Å². The highest BCUT2D eigenvalue weighted by molar-refractivity contribution is 9.10. The minimum atomic E-state index is -0.650. The number of Topliss-reactive ketones (excluding diaryl/α,β-unsaturated/α-hetero) is 1. The van der Waals surface area contributed by atoms with Crippen molar-refractivity contribution in [1.82, 2.24) is 0 Å². The van der Waals surface area contributed by atoms with Crippen LogP contribution in [-0.4, -0.2) is 12.4 Å². The van der Waals surface area contributed by atoms with Gasteiger partial charge < -0.3 is 4.74 Å². The Morgan fingerprint density at radius 2 is 2.18 bits per heavy atom. The zero-order valence-electron chi connectivity index (χ0n) is 10.0. The van der Waals surface area contributed by atoms with Crippen molar-refractivity contribution in [1.29, 1.82) is 0 Å². The zero-order chi connectivity index (χ0) is 12.8. The number of rotatable bonds is 6. The Morgan fingerprint density at radius 1 is 1.47 bits per heavy atom. The molecule has 4 heteroatoms. The maximum Gasteiger partial charge on any atom is 0.165 e. The summed E-state index contributed by atoms with van der Waals surface area (Å²) < 4.78 is 19.3. The van der Waals surface area contributed by atoms with Gasteiger partial charge >= 0.3 is 0 Å². The van der Waals surface area contributed by atoms with Gasteiger partial charge in [0.15, 0.2) is 5.78 Å². The number of hydrogen-bond acceptors (Lipinski definition) is 2. The molecule has 0 amide bonds. The van der Waals surface area contributed by atoms with Crippen molar-refractivity contribution in [2.24, 2.45) is 0 Å². The standard InChI is InChI=1S/C13H16BrFO2/c1-3-7-17-13(12(16)4-2)9-5-6-10(14)11(15)8-9/h5-6,8,13H,3-4,7H2,1-2H3. The maximum absolute atomic E-state index is 13.4. The molecule has 0 saturated heterocycles. The summed E-state index contributed by atoms with van der Waals surface area (Å²) in [4.78, 5) is 11.8. The molecule has 0 aromatic heterocycles. The minimum Gasteiger partial charge on any atom is -0.366 e. The van der Waals surface area contributed by atoms with Crippen LogP contribution in [0.4, 0.5) is 4.39 Å². The SMILES string of the molecule is CCCOC(C(=O)CC)c1ccc(Br)c(F)c1. The Bertz CT molecular complexity index is 393. The normalized spacial score (nSPS) is 12.5. The van der Waals surface area contributed by atoms with Crippen LogP contribution in [0.3, 0.4) is 0 Å². The molecule has 0 N–H and O–H groups in total. The second-order valence-electron chi connectivity index (χ2n) is 3.74. The van der Waals surface area contributed by atoms with Gasteiger partial charge in [0, 0.05) is 13.0 Å². The summed E-state index contributed by atoms with van der Waals surface area (Å²) in [6, 6.07) is 4.65. The molecule has 0 aliphatic heterocycles. The monoisotopic (exact) mass is 302 g/mol. The lowest BCUT2D eigenvalue weighted by molar-refractivity contribution is -0.130. The number of halogens is 2. The van der Waals surface area contributed by atoms with Crippen molar-refractivity contribution in [3.05, 3.63) is 34.1 Å². The van der Waals surface area contributed by atoms with Crippen LogP contribution in [0.1, 0.15) is 38.4 Å². The van der Waals surface area contributed by atoms with Crippen molar-refractivity contribution in [3.63, 3.8) is 0 Å². The molecular formula is C13H16BrFO2. The van der Waals surface area contributed by atoms with Gasteiger partial charge in [0.25, 0.3) is 0 Å². The fourth-order valence-electron chi connectivity index (χ4n) is 1.47. The van der Waals surface area contributed by atoms with E-state index in [0.717, 1.165) is 6.42 Å². The van der Waals surface area contributed by atoms with Crippen molar-refractivity contribution in [2.75, 3.05) is 6.61 Å². The second-order valence-corrected chi connectivity index (χ2v) is 4.60. The first-order valence-corrected chi connectivity index (χ1v) is 6.48. The van der Waals surface area contributed by atoms with E-state index in [-0.39, 0.29) is 11.6 Å². The van der Waals surface area contributed by atoms with E-state index in [9.17, 15) is 9.18 Å². The number of ether oxygens (including phenoxy) is 1. The van der Waals surface area contributed by atoms with Crippen LogP contribution in [0.25, 0.3) is 0 Å². The lowest BCUT2D eigenvalue weighted by Crippen LogP contribution is -2.16. The van der Waals surface area contributed by atoms with Gasteiger partial charge in [0.1, 0.15) is 11.9 Å². The Morgan fingerprint density at radius 3 is 2.71 bits per heavy atom. The van der Waals surface area contributed by atoms with Crippen LogP contribution >= 0.6 is 15.9 Å². The molecule has 94 valence electrons. The fraction of sp³-hybridized carbons (Fsp3) is 0.462. The van der Waals surface area contributed by atoms with Gasteiger partial charge in [-0.15, -0.1) is 0 Å². The first-order chi connectivity index (χ1) is 8.10. The van der Waals surface area contributed by atoms with E-state index in [2.05, 4.69) is 15.9 Å². The van der Waals surface area contributed by atoms with E-state index in [4.69, 9.17) is 4.74 Å². The van der Waals surface area contributed by atoms with Crippen LogP contribution in [0, 0.1) is 5.82 Å². The first kappa shape index (κ1) is 14.3. The molecule has 1 atom stereocenters. The molecule has 0 spiro atoms. The van der Waals surface area contributed by atoms with E-state index < -0.39 is 6.10 Å². The van der Waals surface area contributed by atoms with E-state index in [1.54, 1.807) is 19.1 Å². The molecule has 0 aliphatic rings. The summed E-state index contributed by atoms with van der Waals surface area (Å²) in [5.74, 6) is -0.406. The summed E-state index contributed by atoms with van der Waals surface area (Å²) in [5.41, 5.74) is 0.575. The van der Waals surface area contributed by atoms with Gasteiger partial charge in [-0.1, -0.05) is 19.9 Å². The third kappa shape index (κ3) is 3.89. The quantitative estimate of drug-likeness (QED) is 0.793. The predicted octanol–water partition coefficient (Wildman–Crippen LogP) is 4.04. The van der Waals surface area contributed by atoms with Crippen LogP contribution in [0.2, 0.25) is 0 Å².